The second-order valence-corrected chi connectivity index (χ2v) is 10.9. The molecule has 4 nitrogen and oxygen atoms in total. The van der Waals surface area contributed by atoms with Crippen molar-refractivity contribution in [1.29, 1.82) is 0 Å². The van der Waals surface area contributed by atoms with Crippen LogP contribution in [-0.4, -0.2) is 9.97 Å². The van der Waals surface area contributed by atoms with Gasteiger partial charge in [-0.15, -0.1) is 0 Å². The number of pyridine rings is 2. The summed E-state index contributed by atoms with van der Waals surface area (Å²) < 4.78 is 2.38. The Balaban J connectivity index is 0.000000591. The molecule has 0 saturated carbocycles. The number of rotatable bonds is 3. The van der Waals surface area contributed by atoms with Crippen LogP contribution in [0.2, 0.25) is 20.1 Å². The molecule has 0 radical (unpaired) electrons. The smallest absolute Gasteiger partial charge is 1.00 e. The van der Waals surface area contributed by atoms with Crippen molar-refractivity contribution in [2.45, 2.75) is 12.6 Å². The maximum Gasteiger partial charge on any atom is 1.00 e. The van der Waals surface area contributed by atoms with Gasteiger partial charge in [-0.05, 0) is 96.3 Å². The third-order valence-electron chi connectivity index (χ3n) is 4.40. The zero-order valence-corrected chi connectivity index (χ0v) is 29.4. The third-order valence-corrected chi connectivity index (χ3v) is 7.09. The monoisotopic (exact) mass is 784 g/mol. The largest absolute Gasteiger partial charge is 1.00 e. The topological polar surface area (TPSA) is 34.5 Å². The van der Waals surface area contributed by atoms with Crippen LogP contribution in [0.3, 0.4) is 0 Å². The first-order valence-electron chi connectivity index (χ1n) is 10.1. The van der Waals surface area contributed by atoms with E-state index in [1.165, 1.54) is 0 Å². The molecular formula is C26H16Br3Cl4N4Na. The molecule has 0 spiro atoms. The summed E-state index contributed by atoms with van der Waals surface area (Å²) in [7, 11) is 0. The van der Waals surface area contributed by atoms with E-state index in [1.807, 2.05) is 24.3 Å². The van der Waals surface area contributed by atoms with Crippen LogP contribution >= 0.6 is 94.2 Å². The minimum atomic E-state index is -0.594. The van der Waals surface area contributed by atoms with Gasteiger partial charge >= 0.3 is 29.6 Å². The van der Waals surface area contributed by atoms with Crippen LogP contribution in [0.25, 0.3) is 9.69 Å². The van der Waals surface area contributed by atoms with Gasteiger partial charge in [0.1, 0.15) is 19.5 Å². The Bertz CT molecular complexity index is 1390. The van der Waals surface area contributed by atoms with Crippen LogP contribution in [0.1, 0.15) is 24.3 Å². The fourth-order valence-corrected chi connectivity index (χ4v) is 5.18. The van der Waals surface area contributed by atoms with Crippen LogP contribution in [0.5, 0.6) is 0 Å². The Hall–Kier alpha value is -0.680. The molecule has 38 heavy (non-hydrogen) atoms. The molecule has 0 fully saturated rings. The van der Waals surface area contributed by atoms with Crippen molar-refractivity contribution < 1.29 is 31.0 Å². The first kappa shape index (κ1) is 35.3. The summed E-state index contributed by atoms with van der Waals surface area (Å²) in [5.41, 5.74) is 1.93. The predicted octanol–water partition coefficient (Wildman–Crippen LogP) is 8.30. The molecule has 4 rings (SSSR count). The number of benzene rings is 2. The van der Waals surface area contributed by atoms with Gasteiger partial charge in [-0.1, -0.05) is 70.7 Å². The van der Waals surface area contributed by atoms with E-state index in [9.17, 15) is 0 Å². The van der Waals surface area contributed by atoms with Crippen LogP contribution in [0, 0.1) is 13.1 Å². The van der Waals surface area contributed by atoms with E-state index >= 15 is 0 Å². The molecule has 1 unspecified atom stereocenters. The summed E-state index contributed by atoms with van der Waals surface area (Å²) >= 11 is 33.5. The van der Waals surface area contributed by atoms with Crippen molar-refractivity contribution in [2.24, 2.45) is 0 Å². The third kappa shape index (κ3) is 11.4. The number of hydrogen-bond acceptors (Lipinski definition) is 2. The number of nitrogens with zero attached hydrogens (tertiary/aromatic N) is 4. The number of aromatic nitrogens is 2. The molecule has 2 heterocycles. The van der Waals surface area contributed by atoms with Crippen molar-refractivity contribution in [3.8, 4) is 0 Å². The van der Waals surface area contributed by atoms with Gasteiger partial charge in [-0.25, -0.2) is 23.1 Å². The summed E-state index contributed by atoms with van der Waals surface area (Å²) in [6, 6.07) is 20.9. The minimum Gasteiger partial charge on any atom is -1.00 e. The van der Waals surface area contributed by atoms with Crippen LogP contribution in [0.15, 0.2) is 86.6 Å². The van der Waals surface area contributed by atoms with Crippen LogP contribution in [0.4, 0.5) is 0 Å². The molecule has 0 N–H and O–H groups in total. The van der Waals surface area contributed by atoms with E-state index in [4.69, 9.17) is 59.5 Å². The van der Waals surface area contributed by atoms with Gasteiger partial charge in [0.15, 0.2) is 0 Å². The summed E-state index contributed by atoms with van der Waals surface area (Å²) in [6.45, 7) is 14.2. The molecule has 1 atom stereocenters. The molecule has 12 heteroatoms. The SMILES string of the molecule is Brc1cccc(Br)n1.[C-]#[N+]C(c1cccc(Br)n1)c1c(Cl)cccc1Cl.[C-]#[N+]Cc1c(Cl)cccc1Cl.[H-].[Na+]. The second kappa shape index (κ2) is 18.6. The van der Waals surface area contributed by atoms with Crippen molar-refractivity contribution in [2.75, 3.05) is 0 Å². The summed E-state index contributed by atoms with van der Waals surface area (Å²) in [5, 5.41) is 2.08. The zero-order chi connectivity index (χ0) is 27.4. The van der Waals surface area contributed by atoms with Gasteiger partial charge in [0.25, 0.3) is 6.04 Å². The van der Waals surface area contributed by atoms with E-state index in [2.05, 4.69) is 67.4 Å². The van der Waals surface area contributed by atoms with Crippen LogP contribution in [-0.2, 0) is 6.54 Å². The van der Waals surface area contributed by atoms with Crippen LogP contribution < -0.4 is 29.6 Å². The van der Waals surface area contributed by atoms with Gasteiger partial charge in [0.2, 0.25) is 6.54 Å². The van der Waals surface area contributed by atoms with Gasteiger partial charge in [0, 0.05) is 0 Å². The Labute approximate surface area is 290 Å². The molecule has 0 saturated heterocycles. The molecule has 0 amide bonds. The van der Waals surface area contributed by atoms with E-state index in [0.29, 0.717) is 41.5 Å². The molecule has 2 aromatic carbocycles. The summed E-state index contributed by atoms with van der Waals surface area (Å²) in [5.74, 6) is 0. The van der Waals surface area contributed by atoms with Gasteiger partial charge < -0.3 is 11.1 Å². The van der Waals surface area contributed by atoms with Gasteiger partial charge in [-0.3, -0.25) is 0 Å². The Morgan fingerprint density at radius 2 is 1.11 bits per heavy atom. The molecule has 0 bridgehead atoms. The van der Waals surface area contributed by atoms with E-state index < -0.39 is 6.04 Å². The normalized spacial score (nSPS) is 10.2. The molecule has 0 aliphatic carbocycles. The molecule has 4 aromatic rings. The molecule has 190 valence electrons. The fourth-order valence-electron chi connectivity index (χ4n) is 2.77. The van der Waals surface area contributed by atoms with Gasteiger partial charge in [0.05, 0.1) is 31.2 Å². The maximum absolute atomic E-state index is 7.35. The Kier molecular flexibility index (Phi) is 17.3. The molecule has 0 aliphatic heterocycles. The molecule has 2 aromatic heterocycles. The average Bonchev–Trinajstić information content (AvgIpc) is 2.85. The van der Waals surface area contributed by atoms with Crippen molar-refractivity contribution >= 4 is 94.2 Å². The average molecular weight is 789 g/mol. The van der Waals surface area contributed by atoms with Gasteiger partial charge in [-0.2, -0.15) is 0 Å². The van der Waals surface area contributed by atoms with E-state index in [0.717, 1.165) is 9.21 Å². The maximum atomic E-state index is 7.35. The zero-order valence-electron chi connectivity index (χ0n) is 20.6. The number of halogens is 7. The number of hydrogen-bond donors (Lipinski definition) is 0. The quantitative estimate of drug-likeness (QED) is 0.119. The Morgan fingerprint density at radius 1 is 0.684 bits per heavy atom. The molecule has 0 aliphatic rings. The van der Waals surface area contributed by atoms with Crippen molar-refractivity contribution in [3.63, 3.8) is 0 Å². The summed E-state index contributed by atoms with van der Waals surface area (Å²) in [6.07, 6.45) is 0. The van der Waals surface area contributed by atoms with Crippen molar-refractivity contribution in [3.05, 3.63) is 146 Å². The Morgan fingerprint density at radius 3 is 1.50 bits per heavy atom. The fraction of sp³-hybridized carbons (Fsp3) is 0.0769. The summed E-state index contributed by atoms with van der Waals surface area (Å²) in [4.78, 5) is 15.1. The van der Waals surface area contributed by atoms with E-state index in [-0.39, 0.29) is 37.5 Å². The standard InChI is InChI=1S/C13H7BrCl2N2.C8H5Cl2N.C5H3Br2N.Na.H/c1-17-13(10-6-3-7-11(14)18-10)12-8(15)4-2-5-9(12)16;1-11-5-6-7(9)3-2-4-8(6)10;6-4-2-1-3-5(7)8-4;;/h2-7,13H;2-4H,5H2;1-3H;;/q;;;+1;-1. The second-order valence-electron chi connectivity index (χ2n) is 6.85. The predicted molar refractivity (Wildman–Crippen MR) is 164 cm³/mol. The first-order valence-corrected chi connectivity index (χ1v) is 14.0. The van der Waals surface area contributed by atoms with E-state index in [1.54, 1.807) is 48.5 Å². The minimum absolute atomic E-state index is 0. The molecular weight excluding hydrogens is 773 g/mol. The first-order chi connectivity index (χ1) is 17.7. The van der Waals surface area contributed by atoms with Crippen molar-refractivity contribution in [1.82, 2.24) is 9.97 Å².